The van der Waals surface area contributed by atoms with Gasteiger partial charge in [0.05, 0.1) is 20.6 Å². The monoisotopic (exact) mass is 456 g/mol. The van der Waals surface area contributed by atoms with Gasteiger partial charge in [-0.15, -0.1) is 0 Å². The first-order valence-electron chi connectivity index (χ1n) is 9.05. The van der Waals surface area contributed by atoms with Crippen LogP contribution in [0.5, 0.6) is 11.5 Å². The minimum atomic E-state index is -1.10. The molecular weight excluding hydrogens is 432 g/mol. The van der Waals surface area contributed by atoms with Crippen molar-refractivity contribution < 1.29 is 28.6 Å². The number of amides is 3. The number of imide groups is 1. The zero-order chi connectivity index (χ0) is 20.7. The zero-order valence-electron chi connectivity index (χ0n) is 16.2. The molecule has 28 heavy (non-hydrogen) atoms. The van der Waals surface area contributed by atoms with Gasteiger partial charge in [0.2, 0.25) is 0 Å². The first kappa shape index (κ1) is 22.0. The minimum absolute atomic E-state index is 0.0766. The van der Waals surface area contributed by atoms with Gasteiger partial charge < -0.3 is 19.5 Å². The van der Waals surface area contributed by atoms with E-state index < -0.39 is 24.0 Å². The van der Waals surface area contributed by atoms with E-state index in [2.05, 4.69) is 26.6 Å². The van der Waals surface area contributed by atoms with Gasteiger partial charge in [-0.2, -0.15) is 0 Å². The smallest absolute Gasteiger partial charge is 0.321 e. The molecule has 1 aliphatic carbocycles. The van der Waals surface area contributed by atoms with Crippen molar-refractivity contribution >= 4 is 33.8 Å². The van der Waals surface area contributed by atoms with Gasteiger partial charge >= 0.3 is 12.0 Å². The number of benzene rings is 1. The Hall–Kier alpha value is -2.29. The average Bonchev–Trinajstić information content (AvgIpc) is 3.15. The predicted molar refractivity (Wildman–Crippen MR) is 105 cm³/mol. The topological polar surface area (TPSA) is 103 Å². The molecule has 2 N–H and O–H groups in total. The third-order valence-corrected chi connectivity index (χ3v) is 5.23. The van der Waals surface area contributed by atoms with Crippen molar-refractivity contribution in [2.45, 2.75) is 51.2 Å². The number of carbonyl (C=O) groups excluding carboxylic acids is 3. The van der Waals surface area contributed by atoms with Crippen LogP contribution < -0.4 is 20.1 Å². The number of urea groups is 1. The van der Waals surface area contributed by atoms with Crippen LogP contribution >= 0.6 is 15.9 Å². The number of nitrogens with one attached hydrogen (secondary N) is 2. The summed E-state index contributed by atoms with van der Waals surface area (Å²) in [6.45, 7) is 1.42. The fraction of sp³-hybridized carbons (Fsp3) is 0.526. The van der Waals surface area contributed by atoms with Gasteiger partial charge in [0, 0.05) is 10.5 Å². The molecule has 1 fully saturated rings. The second-order valence-corrected chi connectivity index (χ2v) is 7.41. The summed E-state index contributed by atoms with van der Waals surface area (Å²) < 4.78 is 16.2. The first-order chi connectivity index (χ1) is 13.3. The fourth-order valence-corrected chi connectivity index (χ4v) is 3.45. The number of esters is 1. The fourth-order valence-electron chi connectivity index (χ4n) is 2.98. The molecule has 1 saturated carbocycles. The lowest BCUT2D eigenvalue weighted by Crippen LogP contribution is -2.47. The number of hydrogen-bond acceptors (Lipinski definition) is 6. The van der Waals surface area contributed by atoms with E-state index >= 15 is 0 Å². The Labute approximate surface area is 172 Å². The van der Waals surface area contributed by atoms with Crippen molar-refractivity contribution in [2.24, 2.45) is 0 Å². The molecule has 0 bridgehead atoms. The van der Waals surface area contributed by atoms with Gasteiger partial charge in [0.1, 0.15) is 0 Å². The number of halogens is 1. The number of ether oxygens (including phenoxy) is 3. The molecule has 0 aliphatic heterocycles. The minimum Gasteiger partial charge on any atom is -0.493 e. The molecule has 0 heterocycles. The number of carbonyl (C=O) groups is 3. The SMILES string of the molecule is COc1cc(Br)c(CC(=O)O[C@H](C)C(=O)NC(=O)NC2CCCC2)cc1OC. The molecule has 0 spiro atoms. The summed E-state index contributed by atoms with van der Waals surface area (Å²) >= 11 is 3.37. The summed E-state index contributed by atoms with van der Waals surface area (Å²) in [7, 11) is 3.01. The number of rotatable bonds is 7. The Balaban J connectivity index is 1.87. The molecule has 9 heteroatoms. The molecule has 8 nitrogen and oxygen atoms in total. The van der Waals surface area contributed by atoms with E-state index in [4.69, 9.17) is 14.2 Å². The third-order valence-electron chi connectivity index (χ3n) is 4.49. The number of methoxy groups -OCH3 is 2. The van der Waals surface area contributed by atoms with Crippen molar-refractivity contribution in [3.63, 3.8) is 0 Å². The Morgan fingerprint density at radius 2 is 1.75 bits per heavy atom. The largest absolute Gasteiger partial charge is 0.493 e. The zero-order valence-corrected chi connectivity index (χ0v) is 17.8. The molecule has 2 rings (SSSR count). The van der Waals surface area contributed by atoms with Crippen LogP contribution in [0.2, 0.25) is 0 Å². The molecule has 0 aromatic heterocycles. The second-order valence-electron chi connectivity index (χ2n) is 6.55. The van der Waals surface area contributed by atoms with Crippen molar-refractivity contribution in [1.29, 1.82) is 0 Å². The Morgan fingerprint density at radius 1 is 1.14 bits per heavy atom. The van der Waals surface area contributed by atoms with Gasteiger partial charge in [-0.1, -0.05) is 28.8 Å². The maximum absolute atomic E-state index is 12.2. The van der Waals surface area contributed by atoms with E-state index in [0.29, 0.717) is 21.5 Å². The van der Waals surface area contributed by atoms with Gasteiger partial charge in [0.25, 0.3) is 5.91 Å². The van der Waals surface area contributed by atoms with Crippen LogP contribution in [-0.2, 0) is 20.7 Å². The summed E-state index contributed by atoms with van der Waals surface area (Å²) in [6.07, 6.45) is 2.78. The van der Waals surface area contributed by atoms with Crippen molar-refractivity contribution in [3.05, 3.63) is 22.2 Å². The molecule has 1 aliphatic rings. The van der Waals surface area contributed by atoms with E-state index in [0.717, 1.165) is 25.7 Å². The summed E-state index contributed by atoms with van der Waals surface area (Å²) in [6, 6.07) is 2.87. The van der Waals surface area contributed by atoms with E-state index in [9.17, 15) is 14.4 Å². The standard InChI is InChI=1S/C19H25BrN2O6/c1-11(18(24)22-19(25)21-13-6-4-5-7-13)28-17(23)9-12-8-15(26-2)16(27-3)10-14(12)20/h8,10-11,13H,4-7,9H2,1-3H3,(H2,21,22,24,25)/t11-/m1/s1. The highest BCUT2D eigenvalue weighted by Crippen LogP contribution is 2.33. The van der Waals surface area contributed by atoms with Crippen LogP contribution in [0.3, 0.4) is 0 Å². The van der Waals surface area contributed by atoms with Gasteiger partial charge in [0.15, 0.2) is 17.6 Å². The summed E-state index contributed by atoms with van der Waals surface area (Å²) in [5.41, 5.74) is 0.620. The quantitative estimate of drug-likeness (QED) is 0.611. The molecule has 3 amide bonds. The Bertz CT molecular complexity index is 733. The average molecular weight is 457 g/mol. The lowest BCUT2D eigenvalue weighted by molar-refractivity contribution is -0.153. The highest BCUT2D eigenvalue weighted by Gasteiger charge is 2.23. The lowest BCUT2D eigenvalue weighted by atomic mass is 10.1. The van der Waals surface area contributed by atoms with Crippen molar-refractivity contribution in [3.8, 4) is 11.5 Å². The van der Waals surface area contributed by atoms with E-state index in [-0.39, 0.29) is 12.5 Å². The van der Waals surface area contributed by atoms with Crippen molar-refractivity contribution in [1.82, 2.24) is 10.6 Å². The highest BCUT2D eigenvalue weighted by molar-refractivity contribution is 9.10. The van der Waals surface area contributed by atoms with Crippen LogP contribution in [-0.4, -0.2) is 44.3 Å². The summed E-state index contributed by atoms with van der Waals surface area (Å²) in [4.78, 5) is 36.1. The molecule has 0 unspecified atom stereocenters. The molecule has 0 radical (unpaired) electrons. The molecule has 1 atom stereocenters. The number of hydrogen-bond donors (Lipinski definition) is 2. The van der Waals surface area contributed by atoms with E-state index in [1.54, 1.807) is 12.1 Å². The molecular formula is C19H25BrN2O6. The summed E-state index contributed by atoms with van der Waals surface area (Å²) in [5, 5.41) is 4.95. The molecule has 0 saturated heterocycles. The summed E-state index contributed by atoms with van der Waals surface area (Å²) in [5.74, 6) is -0.280. The normalized spacial score (nSPS) is 14.9. The Morgan fingerprint density at radius 3 is 2.36 bits per heavy atom. The predicted octanol–water partition coefficient (Wildman–Crippen LogP) is 2.71. The lowest BCUT2D eigenvalue weighted by Gasteiger charge is -2.16. The van der Waals surface area contributed by atoms with Crippen LogP contribution in [0.4, 0.5) is 4.79 Å². The van der Waals surface area contributed by atoms with Crippen LogP contribution in [0, 0.1) is 0 Å². The van der Waals surface area contributed by atoms with E-state index in [1.165, 1.54) is 21.1 Å². The molecule has 1 aromatic rings. The first-order valence-corrected chi connectivity index (χ1v) is 9.84. The molecule has 154 valence electrons. The maximum atomic E-state index is 12.2. The van der Waals surface area contributed by atoms with Crippen molar-refractivity contribution in [2.75, 3.05) is 14.2 Å². The van der Waals surface area contributed by atoms with Crippen LogP contribution in [0.15, 0.2) is 16.6 Å². The van der Waals surface area contributed by atoms with E-state index in [1.807, 2.05) is 0 Å². The van der Waals surface area contributed by atoms with Gasteiger partial charge in [-0.3, -0.25) is 14.9 Å². The third kappa shape index (κ3) is 6.12. The van der Waals surface area contributed by atoms with Gasteiger partial charge in [-0.25, -0.2) is 4.79 Å². The highest BCUT2D eigenvalue weighted by atomic mass is 79.9. The van der Waals surface area contributed by atoms with Crippen LogP contribution in [0.25, 0.3) is 0 Å². The Kier molecular flexibility index (Phi) is 8.10. The molecule has 1 aromatic carbocycles. The maximum Gasteiger partial charge on any atom is 0.321 e. The van der Waals surface area contributed by atoms with Gasteiger partial charge in [-0.05, 0) is 37.5 Å². The second kappa shape index (κ2) is 10.3. The van der Waals surface area contributed by atoms with Crippen LogP contribution in [0.1, 0.15) is 38.2 Å².